The molecular weight excluding hydrogens is 182 g/mol. The molecule has 1 amide bonds. The predicted molar refractivity (Wildman–Crippen MR) is 54.6 cm³/mol. The van der Waals surface area contributed by atoms with E-state index in [-0.39, 0.29) is 11.7 Å². The van der Waals surface area contributed by atoms with Crippen LogP contribution in [0.2, 0.25) is 0 Å². The van der Waals surface area contributed by atoms with E-state index in [1.54, 1.807) is 6.92 Å². The van der Waals surface area contributed by atoms with E-state index in [9.17, 15) is 9.59 Å². The van der Waals surface area contributed by atoms with Crippen LogP contribution in [0.3, 0.4) is 0 Å². The predicted octanol–water partition coefficient (Wildman–Crippen LogP) is -0.898. The Balaban J connectivity index is 3.76. The van der Waals surface area contributed by atoms with Crippen molar-refractivity contribution in [2.75, 3.05) is 26.2 Å². The molecule has 0 spiro atoms. The van der Waals surface area contributed by atoms with Crippen LogP contribution < -0.4 is 11.5 Å². The number of amides is 1. The van der Waals surface area contributed by atoms with E-state index >= 15 is 0 Å². The SMILES string of the molecule is CC(=O)CCN(CCN)CCC(N)=O. The summed E-state index contributed by atoms with van der Waals surface area (Å²) in [4.78, 5) is 23.3. The Hall–Kier alpha value is -0.940. The van der Waals surface area contributed by atoms with Crippen LogP contribution in [0.15, 0.2) is 0 Å². The van der Waals surface area contributed by atoms with Crippen molar-refractivity contribution >= 4 is 11.7 Å². The molecule has 0 bridgehead atoms. The van der Waals surface area contributed by atoms with Gasteiger partial charge in [-0.25, -0.2) is 0 Å². The fourth-order valence-corrected chi connectivity index (χ4v) is 1.10. The molecule has 0 aliphatic heterocycles. The highest BCUT2D eigenvalue weighted by Crippen LogP contribution is 1.94. The zero-order valence-electron chi connectivity index (χ0n) is 8.66. The maximum atomic E-state index is 10.7. The fourth-order valence-electron chi connectivity index (χ4n) is 1.10. The summed E-state index contributed by atoms with van der Waals surface area (Å²) < 4.78 is 0. The van der Waals surface area contributed by atoms with Crippen molar-refractivity contribution in [3.63, 3.8) is 0 Å². The van der Waals surface area contributed by atoms with E-state index < -0.39 is 0 Å². The number of nitrogens with zero attached hydrogens (tertiary/aromatic N) is 1. The summed E-state index contributed by atoms with van der Waals surface area (Å²) >= 11 is 0. The molecule has 0 heterocycles. The Kier molecular flexibility index (Phi) is 6.96. The molecular formula is C9H19N3O2. The lowest BCUT2D eigenvalue weighted by Crippen LogP contribution is -2.34. The van der Waals surface area contributed by atoms with Crippen molar-refractivity contribution in [1.29, 1.82) is 0 Å². The average Bonchev–Trinajstić information content (AvgIpc) is 2.09. The standard InChI is InChI=1S/C9H19N3O2/c1-8(13)2-5-12(7-4-10)6-3-9(11)14/h2-7,10H2,1H3,(H2,11,14). The third-order valence-electron chi connectivity index (χ3n) is 1.90. The minimum absolute atomic E-state index is 0.145. The van der Waals surface area contributed by atoms with E-state index in [0.29, 0.717) is 39.0 Å². The van der Waals surface area contributed by atoms with Crippen LogP contribution in [0.1, 0.15) is 19.8 Å². The van der Waals surface area contributed by atoms with E-state index in [1.807, 2.05) is 4.90 Å². The van der Waals surface area contributed by atoms with Crippen molar-refractivity contribution in [3.05, 3.63) is 0 Å². The van der Waals surface area contributed by atoms with Crippen molar-refractivity contribution in [2.45, 2.75) is 19.8 Å². The molecule has 0 aromatic carbocycles. The first-order chi connectivity index (χ1) is 6.56. The van der Waals surface area contributed by atoms with Gasteiger partial charge in [0.05, 0.1) is 0 Å². The lowest BCUT2D eigenvalue weighted by atomic mass is 10.2. The quantitative estimate of drug-likeness (QED) is 0.532. The zero-order chi connectivity index (χ0) is 11.0. The first-order valence-electron chi connectivity index (χ1n) is 4.76. The monoisotopic (exact) mass is 201 g/mol. The molecule has 0 aromatic heterocycles. The number of carbonyl (C=O) groups excluding carboxylic acids is 2. The largest absolute Gasteiger partial charge is 0.370 e. The Bertz CT molecular complexity index is 176. The molecule has 82 valence electrons. The first kappa shape index (κ1) is 13.1. The number of nitrogens with two attached hydrogens (primary N) is 2. The number of hydrogen-bond donors (Lipinski definition) is 2. The molecule has 0 rings (SSSR count). The second-order valence-corrected chi connectivity index (χ2v) is 3.30. The summed E-state index contributed by atoms with van der Waals surface area (Å²) in [5.74, 6) is -0.180. The van der Waals surface area contributed by atoms with Gasteiger partial charge in [0.2, 0.25) is 5.91 Å². The van der Waals surface area contributed by atoms with Gasteiger partial charge in [-0.2, -0.15) is 0 Å². The first-order valence-corrected chi connectivity index (χ1v) is 4.76. The lowest BCUT2D eigenvalue weighted by Gasteiger charge is -2.19. The summed E-state index contributed by atoms with van der Waals surface area (Å²) in [5, 5.41) is 0. The number of rotatable bonds is 8. The highest BCUT2D eigenvalue weighted by molar-refractivity contribution is 5.75. The maximum absolute atomic E-state index is 10.7. The number of ketones is 1. The molecule has 14 heavy (non-hydrogen) atoms. The molecule has 0 aliphatic rings. The molecule has 0 saturated carbocycles. The fraction of sp³-hybridized carbons (Fsp3) is 0.778. The third-order valence-corrected chi connectivity index (χ3v) is 1.90. The Labute approximate surface area is 84.4 Å². The van der Waals surface area contributed by atoms with E-state index in [4.69, 9.17) is 11.5 Å². The summed E-state index contributed by atoms with van der Waals surface area (Å²) in [7, 11) is 0. The van der Waals surface area contributed by atoms with Crippen molar-refractivity contribution in [1.82, 2.24) is 4.90 Å². The molecule has 0 saturated heterocycles. The number of carbonyl (C=O) groups is 2. The van der Waals surface area contributed by atoms with E-state index in [1.165, 1.54) is 0 Å². The van der Waals surface area contributed by atoms with Crippen LogP contribution in [0.25, 0.3) is 0 Å². The van der Waals surface area contributed by atoms with Crippen LogP contribution in [-0.4, -0.2) is 42.8 Å². The summed E-state index contributed by atoms with van der Waals surface area (Å²) in [6, 6.07) is 0. The lowest BCUT2D eigenvalue weighted by molar-refractivity contribution is -0.118. The molecule has 0 fully saturated rings. The van der Waals surface area contributed by atoms with Gasteiger partial charge < -0.3 is 16.4 Å². The smallest absolute Gasteiger partial charge is 0.218 e. The highest BCUT2D eigenvalue weighted by atomic mass is 16.1. The zero-order valence-corrected chi connectivity index (χ0v) is 8.66. The Morgan fingerprint density at radius 2 is 1.71 bits per heavy atom. The van der Waals surface area contributed by atoms with Gasteiger partial charge in [0.15, 0.2) is 0 Å². The van der Waals surface area contributed by atoms with Gasteiger partial charge in [-0.3, -0.25) is 9.59 Å². The Morgan fingerprint density at radius 1 is 1.14 bits per heavy atom. The topological polar surface area (TPSA) is 89.4 Å². The van der Waals surface area contributed by atoms with Gasteiger partial charge in [0.1, 0.15) is 5.78 Å². The van der Waals surface area contributed by atoms with Gasteiger partial charge in [0.25, 0.3) is 0 Å². The van der Waals surface area contributed by atoms with Crippen molar-refractivity contribution < 1.29 is 9.59 Å². The highest BCUT2D eigenvalue weighted by Gasteiger charge is 2.06. The number of Topliss-reactive ketones (excluding diaryl/α,β-unsaturated/α-hetero) is 1. The molecule has 5 nitrogen and oxygen atoms in total. The molecule has 0 aliphatic carbocycles. The molecule has 0 unspecified atom stereocenters. The molecule has 4 N–H and O–H groups in total. The number of hydrogen-bond acceptors (Lipinski definition) is 4. The minimum atomic E-state index is -0.324. The van der Waals surface area contributed by atoms with Crippen LogP contribution in [0.4, 0.5) is 0 Å². The van der Waals surface area contributed by atoms with Crippen LogP contribution >= 0.6 is 0 Å². The Morgan fingerprint density at radius 3 is 2.14 bits per heavy atom. The molecule has 5 heteroatoms. The van der Waals surface area contributed by atoms with Gasteiger partial charge in [0, 0.05) is 39.0 Å². The van der Waals surface area contributed by atoms with E-state index in [2.05, 4.69) is 0 Å². The number of primary amides is 1. The molecule has 0 atom stereocenters. The van der Waals surface area contributed by atoms with Gasteiger partial charge in [-0.05, 0) is 6.92 Å². The summed E-state index contributed by atoms with van der Waals surface area (Å²) in [6.45, 7) is 4.01. The second kappa shape index (κ2) is 7.46. The maximum Gasteiger partial charge on any atom is 0.218 e. The third kappa shape index (κ3) is 7.70. The van der Waals surface area contributed by atoms with Crippen LogP contribution in [0, 0.1) is 0 Å². The van der Waals surface area contributed by atoms with Gasteiger partial charge in [-0.1, -0.05) is 0 Å². The van der Waals surface area contributed by atoms with Crippen LogP contribution in [-0.2, 0) is 9.59 Å². The van der Waals surface area contributed by atoms with E-state index in [0.717, 1.165) is 0 Å². The second-order valence-electron chi connectivity index (χ2n) is 3.30. The van der Waals surface area contributed by atoms with Crippen molar-refractivity contribution in [3.8, 4) is 0 Å². The van der Waals surface area contributed by atoms with Gasteiger partial charge in [-0.15, -0.1) is 0 Å². The summed E-state index contributed by atoms with van der Waals surface area (Å²) in [5.41, 5.74) is 10.4. The molecule has 0 radical (unpaired) electrons. The minimum Gasteiger partial charge on any atom is -0.370 e. The average molecular weight is 201 g/mol. The normalized spacial score (nSPS) is 10.5. The van der Waals surface area contributed by atoms with Crippen molar-refractivity contribution in [2.24, 2.45) is 11.5 Å². The van der Waals surface area contributed by atoms with Gasteiger partial charge >= 0.3 is 0 Å². The van der Waals surface area contributed by atoms with Crippen LogP contribution in [0.5, 0.6) is 0 Å². The summed E-state index contributed by atoms with van der Waals surface area (Å²) in [6.07, 6.45) is 0.816. The molecule has 0 aromatic rings.